The van der Waals surface area contributed by atoms with Crippen molar-refractivity contribution in [2.45, 2.75) is 31.4 Å². The Labute approximate surface area is 144 Å². The molecule has 0 bridgehead atoms. The Bertz CT molecular complexity index is 537. The number of hydrogen-bond acceptors (Lipinski definition) is 5. The lowest BCUT2D eigenvalue weighted by atomic mass is 9.90. The molecule has 0 aliphatic carbocycles. The van der Waals surface area contributed by atoms with Crippen LogP contribution in [0.15, 0.2) is 24.5 Å². The van der Waals surface area contributed by atoms with Gasteiger partial charge in [0.25, 0.3) is 5.91 Å². The number of aromatic nitrogens is 1. The zero-order chi connectivity index (χ0) is 17.0. The van der Waals surface area contributed by atoms with Gasteiger partial charge in [0.15, 0.2) is 0 Å². The minimum absolute atomic E-state index is 0.167. The minimum Gasteiger partial charge on any atom is -0.368 e. The highest BCUT2D eigenvalue weighted by Gasteiger charge is 2.43. The van der Waals surface area contributed by atoms with Crippen LogP contribution >= 0.6 is 0 Å². The molecular formula is C18H28N4O2. The SMILES string of the molecule is COC1(C(=O)N2CCN(C(C)c3cccnc3)CC2)CCNCC1. The zero-order valence-corrected chi connectivity index (χ0v) is 14.7. The molecular weight excluding hydrogens is 304 g/mol. The van der Waals surface area contributed by atoms with E-state index in [1.165, 1.54) is 5.56 Å². The molecule has 1 aromatic rings. The zero-order valence-electron chi connectivity index (χ0n) is 14.7. The molecule has 24 heavy (non-hydrogen) atoms. The summed E-state index contributed by atoms with van der Waals surface area (Å²) >= 11 is 0. The van der Waals surface area contributed by atoms with Crippen LogP contribution in [0.2, 0.25) is 0 Å². The molecule has 132 valence electrons. The molecule has 1 atom stereocenters. The number of amides is 1. The second-order valence-corrected chi connectivity index (χ2v) is 6.74. The second-order valence-electron chi connectivity index (χ2n) is 6.74. The van der Waals surface area contributed by atoms with Crippen LogP contribution in [0.25, 0.3) is 0 Å². The summed E-state index contributed by atoms with van der Waals surface area (Å²) in [5, 5.41) is 3.31. The van der Waals surface area contributed by atoms with Crippen molar-refractivity contribution in [2.24, 2.45) is 0 Å². The number of nitrogens with one attached hydrogen (secondary N) is 1. The highest BCUT2D eigenvalue weighted by Crippen LogP contribution is 2.27. The van der Waals surface area contributed by atoms with E-state index >= 15 is 0 Å². The van der Waals surface area contributed by atoms with Crippen LogP contribution in [-0.2, 0) is 9.53 Å². The molecule has 1 amide bonds. The van der Waals surface area contributed by atoms with Crippen LogP contribution in [0.1, 0.15) is 31.4 Å². The van der Waals surface area contributed by atoms with Gasteiger partial charge in [-0.2, -0.15) is 0 Å². The summed E-state index contributed by atoms with van der Waals surface area (Å²) in [6.07, 6.45) is 5.25. The first-order valence-electron chi connectivity index (χ1n) is 8.85. The Morgan fingerprint density at radius 2 is 2.00 bits per heavy atom. The van der Waals surface area contributed by atoms with E-state index in [1.54, 1.807) is 13.3 Å². The molecule has 2 aliphatic heterocycles. The van der Waals surface area contributed by atoms with Crippen LogP contribution in [0, 0.1) is 0 Å². The van der Waals surface area contributed by atoms with Crippen LogP contribution in [0.5, 0.6) is 0 Å². The first-order chi connectivity index (χ1) is 11.7. The topological polar surface area (TPSA) is 57.7 Å². The number of nitrogens with zero attached hydrogens (tertiary/aromatic N) is 3. The summed E-state index contributed by atoms with van der Waals surface area (Å²) < 4.78 is 5.68. The third kappa shape index (κ3) is 3.45. The van der Waals surface area contributed by atoms with Gasteiger partial charge in [-0.25, -0.2) is 0 Å². The van der Waals surface area contributed by atoms with E-state index in [9.17, 15) is 4.79 Å². The van der Waals surface area contributed by atoms with Gasteiger partial charge in [0.05, 0.1) is 0 Å². The van der Waals surface area contributed by atoms with Crippen molar-refractivity contribution in [3.63, 3.8) is 0 Å². The number of pyridine rings is 1. The predicted octanol–water partition coefficient (Wildman–Crippen LogP) is 1.06. The van der Waals surface area contributed by atoms with Gasteiger partial charge in [-0.1, -0.05) is 6.07 Å². The number of carbonyl (C=O) groups is 1. The summed E-state index contributed by atoms with van der Waals surface area (Å²) in [6, 6.07) is 4.42. The quantitative estimate of drug-likeness (QED) is 0.893. The Morgan fingerprint density at radius 3 is 2.58 bits per heavy atom. The minimum atomic E-state index is -0.623. The fourth-order valence-corrected chi connectivity index (χ4v) is 3.77. The Kier molecular flexibility index (Phi) is 5.48. The first kappa shape index (κ1) is 17.3. The second kappa shape index (κ2) is 7.59. The van der Waals surface area contributed by atoms with Crippen molar-refractivity contribution in [2.75, 3.05) is 46.4 Å². The number of carbonyl (C=O) groups excluding carboxylic acids is 1. The van der Waals surface area contributed by atoms with E-state index in [0.717, 1.165) is 52.1 Å². The van der Waals surface area contributed by atoms with Crippen molar-refractivity contribution in [3.8, 4) is 0 Å². The highest BCUT2D eigenvalue weighted by atomic mass is 16.5. The number of ether oxygens (including phenoxy) is 1. The molecule has 0 saturated carbocycles. The smallest absolute Gasteiger partial charge is 0.254 e. The molecule has 0 radical (unpaired) electrons. The maximum absolute atomic E-state index is 13.0. The number of rotatable bonds is 4. The predicted molar refractivity (Wildman–Crippen MR) is 92.6 cm³/mol. The third-order valence-corrected chi connectivity index (χ3v) is 5.51. The third-order valence-electron chi connectivity index (χ3n) is 5.51. The summed E-state index contributed by atoms with van der Waals surface area (Å²) in [7, 11) is 1.67. The van der Waals surface area contributed by atoms with Crippen LogP contribution in [0.3, 0.4) is 0 Å². The van der Waals surface area contributed by atoms with Crippen molar-refractivity contribution in [3.05, 3.63) is 30.1 Å². The molecule has 2 fully saturated rings. The lowest BCUT2D eigenvalue weighted by Gasteiger charge is -2.43. The average Bonchev–Trinajstić information content (AvgIpc) is 2.68. The van der Waals surface area contributed by atoms with E-state index in [4.69, 9.17) is 4.74 Å². The van der Waals surface area contributed by atoms with E-state index in [1.807, 2.05) is 17.2 Å². The van der Waals surface area contributed by atoms with Gasteiger partial charge in [0, 0.05) is 51.7 Å². The van der Waals surface area contributed by atoms with Crippen molar-refractivity contribution in [1.82, 2.24) is 20.1 Å². The highest BCUT2D eigenvalue weighted by molar-refractivity contribution is 5.85. The van der Waals surface area contributed by atoms with Gasteiger partial charge < -0.3 is 15.0 Å². The molecule has 1 unspecified atom stereocenters. The summed E-state index contributed by atoms with van der Waals surface area (Å²) in [6.45, 7) is 7.21. The lowest BCUT2D eigenvalue weighted by molar-refractivity contribution is -0.160. The van der Waals surface area contributed by atoms with Crippen molar-refractivity contribution < 1.29 is 9.53 Å². The monoisotopic (exact) mass is 332 g/mol. The molecule has 0 aromatic carbocycles. The van der Waals surface area contributed by atoms with Crippen LogP contribution in [-0.4, -0.2) is 72.7 Å². The van der Waals surface area contributed by atoms with Gasteiger partial charge >= 0.3 is 0 Å². The van der Waals surface area contributed by atoms with Gasteiger partial charge in [-0.15, -0.1) is 0 Å². The number of hydrogen-bond donors (Lipinski definition) is 1. The Morgan fingerprint density at radius 1 is 1.29 bits per heavy atom. The molecule has 0 spiro atoms. The standard InChI is InChI=1S/C18H28N4O2/c1-15(16-4-3-7-20-14-16)21-10-12-22(13-11-21)17(23)18(24-2)5-8-19-9-6-18/h3-4,7,14-15,19H,5-6,8-13H2,1-2H3. The molecule has 6 nitrogen and oxygen atoms in total. The first-order valence-corrected chi connectivity index (χ1v) is 8.85. The van der Waals surface area contributed by atoms with E-state index in [0.29, 0.717) is 6.04 Å². The normalized spacial score (nSPS) is 23.0. The van der Waals surface area contributed by atoms with Crippen molar-refractivity contribution in [1.29, 1.82) is 0 Å². The van der Waals surface area contributed by atoms with Gasteiger partial charge in [-0.05, 0) is 44.5 Å². The maximum atomic E-state index is 13.0. The number of piperazine rings is 1. The molecule has 1 aromatic heterocycles. The van der Waals surface area contributed by atoms with Crippen molar-refractivity contribution >= 4 is 5.91 Å². The van der Waals surface area contributed by atoms with Crippen LogP contribution in [0.4, 0.5) is 0 Å². The Hall–Kier alpha value is -1.50. The number of piperidine rings is 1. The fraction of sp³-hybridized carbons (Fsp3) is 0.667. The molecule has 3 rings (SSSR count). The van der Waals surface area contributed by atoms with Crippen LogP contribution < -0.4 is 5.32 Å². The lowest BCUT2D eigenvalue weighted by Crippen LogP contribution is -2.59. The van der Waals surface area contributed by atoms with Gasteiger partial charge in [0.2, 0.25) is 0 Å². The molecule has 1 N–H and O–H groups in total. The van der Waals surface area contributed by atoms with E-state index < -0.39 is 5.60 Å². The molecule has 2 aliphatic rings. The van der Waals surface area contributed by atoms with Gasteiger partial charge in [-0.3, -0.25) is 14.7 Å². The average molecular weight is 332 g/mol. The van der Waals surface area contributed by atoms with E-state index in [2.05, 4.69) is 28.2 Å². The molecule has 6 heteroatoms. The largest absolute Gasteiger partial charge is 0.368 e. The number of methoxy groups -OCH3 is 1. The van der Waals surface area contributed by atoms with E-state index in [-0.39, 0.29) is 5.91 Å². The molecule has 2 saturated heterocycles. The Balaban J connectivity index is 1.59. The van der Waals surface area contributed by atoms with Gasteiger partial charge in [0.1, 0.15) is 5.60 Å². The maximum Gasteiger partial charge on any atom is 0.254 e. The summed E-state index contributed by atoms with van der Waals surface area (Å²) in [5.74, 6) is 0.167. The molecule has 3 heterocycles. The summed E-state index contributed by atoms with van der Waals surface area (Å²) in [5.41, 5.74) is 0.603. The summed E-state index contributed by atoms with van der Waals surface area (Å²) in [4.78, 5) is 21.6. The fourth-order valence-electron chi connectivity index (χ4n) is 3.77.